The molecule has 1 saturated heterocycles. The van der Waals surface area contributed by atoms with E-state index in [0.717, 1.165) is 48.4 Å². The van der Waals surface area contributed by atoms with E-state index < -0.39 is 0 Å². The average molecular weight is 352 g/mol. The van der Waals surface area contributed by atoms with Crippen LogP contribution in [0, 0.1) is 0 Å². The highest BCUT2D eigenvalue weighted by Gasteiger charge is 2.31. The van der Waals surface area contributed by atoms with Crippen LogP contribution >= 0.6 is 11.3 Å². The zero-order valence-corrected chi connectivity index (χ0v) is 14.7. The maximum absolute atomic E-state index is 12.6. The van der Waals surface area contributed by atoms with Crippen LogP contribution in [0.4, 0.5) is 5.82 Å². The van der Waals surface area contributed by atoms with Crippen LogP contribution in [0.2, 0.25) is 0 Å². The molecule has 3 aromatic rings. The van der Waals surface area contributed by atoms with E-state index in [2.05, 4.69) is 39.6 Å². The Hall–Kier alpha value is -2.47. The number of aromatic nitrogens is 2. The molecule has 1 aliphatic rings. The third-order valence-electron chi connectivity index (χ3n) is 4.61. The molecule has 1 unspecified atom stereocenters. The summed E-state index contributed by atoms with van der Waals surface area (Å²) in [5, 5.41) is 6.31. The molecular formula is C19H20N4OS. The molecule has 0 bridgehead atoms. The summed E-state index contributed by atoms with van der Waals surface area (Å²) in [6.07, 6.45) is 4.37. The lowest BCUT2D eigenvalue weighted by Crippen LogP contribution is -2.34. The van der Waals surface area contributed by atoms with Crippen LogP contribution in [0.3, 0.4) is 0 Å². The van der Waals surface area contributed by atoms with Crippen molar-refractivity contribution in [2.45, 2.75) is 25.3 Å². The molecule has 1 amide bonds. The predicted molar refractivity (Wildman–Crippen MR) is 101 cm³/mol. The fourth-order valence-electron chi connectivity index (χ4n) is 3.28. The highest BCUT2D eigenvalue weighted by Crippen LogP contribution is 2.26. The molecule has 1 aromatic carbocycles. The van der Waals surface area contributed by atoms with Gasteiger partial charge in [-0.25, -0.2) is 9.97 Å². The van der Waals surface area contributed by atoms with E-state index in [0.29, 0.717) is 0 Å². The Balaban J connectivity index is 1.34. The molecule has 0 spiro atoms. The van der Waals surface area contributed by atoms with E-state index in [4.69, 9.17) is 0 Å². The van der Waals surface area contributed by atoms with Gasteiger partial charge in [-0.3, -0.25) is 4.79 Å². The number of hydrogen-bond acceptors (Lipinski definition) is 5. The van der Waals surface area contributed by atoms with Crippen LogP contribution in [0.1, 0.15) is 18.4 Å². The topological polar surface area (TPSA) is 58.1 Å². The van der Waals surface area contributed by atoms with Crippen molar-refractivity contribution in [1.29, 1.82) is 0 Å². The number of likely N-dealkylation sites (tertiary alicyclic amines) is 1. The summed E-state index contributed by atoms with van der Waals surface area (Å²) in [7, 11) is 0. The van der Waals surface area contributed by atoms with Gasteiger partial charge in [0.2, 0.25) is 5.91 Å². The first kappa shape index (κ1) is 16.0. The lowest BCUT2D eigenvalue weighted by molar-refractivity contribution is -0.128. The summed E-state index contributed by atoms with van der Waals surface area (Å²) in [6, 6.07) is 12.2. The highest BCUT2D eigenvalue weighted by molar-refractivity contribution is 7.16. The van der Waals surface area contributed by atoms with Crippen LogP contribution in [-0.2, 0) is 11.2 Å². The molecular weight excluding hydrogens is 332 g/mol. The quantitative estimate of drug-likeness (QED) is 0.739. The van der Waals surface area contributed by atoms with Gasteiger partial charge in [-0.1, -0.05) is 30.3 Å². The van der Waals surface area contributed by atoms with E-state index in [9.17, 15) is 4.79 Å². The van der Waals surface area contributed by atoms with Crippen molar-refractivity contribution < 1.29 is 4.79 Å². The SMILES string of the molecule is O=C1C(Nc2ncnc3sccc23)CCN1CCCc1ccccc1. The van der Waals surface area contributed by atoms with E-state index >= 15 is 0 Å². The number of amides is 1. The molecule has 2 aromatic heterocycles. The van der Waals surface area contributed by atoms with Crippen LogP contribution in [0.15, 0.2) is 48.1 Å². The molecule has 4 rings (SSSR count). The number of carbonyl (C=O) groups excluding carboxylic acids is 1. The lowest BCUT2D eigenvalue weighted by atomic mass is 10.1. The maximum atomic E-state index is 12.6. The van der Waals surface area contributed by atoms with Crippen molar-refractivity contribution in [3.05, 3.63) is 53.7 Å². The molecule has 0 saturated carbocycles. The number of anilines is 1. The fraction of sp³-hybridized carbons (Fsp3) is 0.316. The highest BCUT2D eigenvalue weighted by atomic mass is 32.1. The molecule has 6 heteroatoms. The molecule has 3 heterocycles. The molecule has 1 atom stereocenters. The number of hydrogen-bond donors (Lipinski definition) is 1. The molecule has 5 nitrogen and oxygen atoms in total. The lowest BCUT2D eigenvalue weighted by Gasteiger charge is -2.17. The molecule has 25 heavy (non-hydrogen) atoms. The monoisotopic (exact) mass is 352 g/mol. The van der Waals surface area contributed by atoms with Crippen molar-refractivity contribution in [1.82, 2.24) is 14.9 Å². The fourth-order valence-corrected chi connectivity index (χ4v) is 4.02. The zero-order chi connectivity index (χ0) is 17.1. The zero-order valence-electron chi connectivity index (χ0n) is 13.9. The number of fused-ring (bicyclic) bond motifs is 1. The van der Waals surface area contributed by atoms with Gasteiger partial charge in [-0.05, 0) is 36.3 Å². The second kappa shape index (κ2) is 7.19. The summed E-state index contributed by atoms with van der Waals surface area (Å²) in [4.78, 5) is 24.1. The van der Waals surface area contributed by atoms with E-state index in [1.54, 1.807) is 17.7 Å². The van der Waals surface area contributed by atoms with Gasteiger partial charge in [-0.2, -0.15) is 0 Å². The summed E-state index contributed by atoms with van der Waals surface area (Å²) in [6.45, 7) is 1.62. The Labute approximate surface area is 150 Å². The number of nitrogens with zero attached hydrogens (tertiary/aromatic N) is 3. The van der Waals surface area contributed by atoms with Gasteiger partial charge in [0.15, 0.2) is 0 Å². The Morgan fingerprint density at radius 3 is 2.96 bits per heavy atom. The smallest absolute Gasteiger partial charge is 0.245 e. The normalized spacial score (nSPS) is 17.4. The third-order valence-corrected chi connectivity index (χ3v) is 5.43. The second-order valence-electron chi connectivity index (χ2n) is 6.26. The van der Waals surface area contributed by atoms with Gasteiger partial charge < -0.3 is 10.2 Å². The minimum Gasteiger partial charge on any atom is -0.358 e. The molecule has 128 valence electrons. The Morgan fingerprint density at radius 1 is 1.20 bits per heavy atom. The van der Waals surface area contributed by atoms with Crippen LogP contribution in [0.25, 0.3) is 10.2 Å². The summed E-state index contributed by atoms with van der Waals surface area (Å²) in [5.74, 6) is 0.936. The molecule has 1 N–H and O–H groups in total. The van der Waals surface area contributed by atoms with Crippen LogP contribution in [0.5, 0.6) is 0 Å². The van der Waals surface area contributed by atoms with Crippen molar-refractivity contribution in [3.8, 4) is 0 Å². The van der Waals surface area contributed by atoms with Crippen molar-refractivity contribution >= 4 is 33.3 Å². The number of rotatable bonds is 6. The maximum Gasteiger partial charge on any atom is 0.245 e. The summed E-state index contributed by atoms with van der Waals surface area (Å²) >= 11 is 1.58. The van der Waals surface area contributed by atoms with Gasteiger partial charge >= 0.3 is 0 Å². The number of benzene rings is 1. The first-order valence-electron chi connectivity index (χ1n) is 8.59. The second-order valence-corrected chi connectivity index (χ2v) is 7.16. The average Bonchev–Trinajstić information content (AvgIpc) is 3.25. The number of carbonyl (C=O) groups is 1. The number of thiophene rings is 1. The molecule has 1 aliphatic heterocycles. The standard InChI is InChI=1S/C19H20N4OS/c24-19-16(22-17-15-9-12-25-18(15)21-13-20-17)8-11-23(19)10-4-7-14-5-2-1-3-6-14/h1-3,5-6,9,12-13,16H,4,7-8,10-11H2,(H,20,21,22). The van der Waals surface area contributed by atoms with E-state index in [1.165, 1.54) is 5.56 Å². The Kier molecular flexibility index (Phi) is 4.61. The van der Waals surface area contributed by atoms with Crippen molar-refractivity contribution in [2.24, 2.45) is 0 Å². The summed E-state index contributed by atoms with van der Waals surface area (Å²) < 4.78 is 0. The molecule has 0 aliphatic carbocycles. The van der Waals surface area contributed by atoms with Gasteiger partial charge in [0.05, 0.1) is 5.39 Å². The minimum atomic E-state index is -0.185. The molecule has 1 fully saturated rings. The first-order chi connectivity index (χ1) is 12.3. The van der Waals surface area contributed by atoms with Crippen molar-refractivity contribution in [2.75, 3.05) is 18.4 Å². The van der Waals surface area contributed by atoms with Crippen LogP contribution < -0.4 is 5.32 Å². The van der Waals surface area contributed by atoms with Gasteiger partial charge in [0, 0.05) is 13.1 Å². The third kappa shape index (κ3) is 3.49. The number of nitrogens with one attached hydrogen (secondary N) is 1. The summed E-state index contributed by atoms with van der Waals surface area (Å²) in [5.41, 5.74) is 1.32. The van der Waals surface area contributed by atoms with Crippen LogP contribution in [-0.4, -0.2) is 39.9 Å². The Bertz CT molecular complexity index is 864. The Morgan fingerprint density at radius 2 is 2.08 bits per heavy atom. The van der Waals surface area contributed by atoms with E-state index in [-0.39, 0.29) is 11.9 Å². The minimum absolute atomic E-state index is 0.176. The predicted octanol–water partition coefficient (Wildman–Crippen LogP) is 3.34. The van der Waals surface area contributed by atoms with Gasteiger partial charge in [-0.15, -0.1) is 11.3 Å². The van der Waals surface area contributed by atoms with Gasteiger partial charge in [0.1, 0.15) is 23.0 Å². The van der Waals surface area contributed by atoms with Crippen molar-refractivity contribution in [3.63, 3.8) is 0 Å². The van der Waals surface area contributed by atoms with E-state index in [1.807, 2.05) is 22.4 Å². The van der Waals surface area contributed by atoms with Gasteiger partial charge in [0.25, 0.3) is 0 Å². The largest absolute Gasteiger partial charge is 0.358 e. The molecule has 0 radical (unpaired) electrons. The first-order valence-corrected chi connectivity index (χ1v) is 9.47. The number of aryl methyl sites for hydroxylation is 1.